The number of carbonyl (C=O) groups excluding carboxylic acids is 2. The number of carbonyl (C=O) groups is 2. The summed E-state index contributed by atoms with van der Waals surface area (Å²) < 4.78 is 5.25. The maximum Gasteiger partial charge on any atom is 0.255 e. The lowest BCUT2D eigenvalue weighted by Gasteiger charge is -2.23. The molecule has 2 aromatic rings. The molecule has 0 bridgehead atoms. The predicted octanol–water partition coefficient (Wildman–Crippen LogP) is 3.76. The third-order valence-electron chi connectivity index (χ3n) is 5.13. The van der Waals surface area contributed by atoms with E-state index in [1.54, 1.807) is 43.5 Å². The Morgan fingerprint density at radius 1 is 1.04 bits per heavy atom. The molecular weight excluding hydrogens is 354 g/mol. The summed E-state index contributed by atoms with van der Waals surface area (Å²) in [7, 11) is 3.56. The summed E-state index contributed by atoms with van der Waals surface area (Å²) in [5.74, 6) is 0.329. The van der Waals surface area contributed by atoms with Gasteiger partial charge in [-0.05, 0) is 56.3 Å². The van der Waals surface area contributed by atoms with Gasteiger partial charge in [0.15, 0.2) is 0 Å². The van der Waals surface area contributed by atoms with Gasteiger partial charge in [-0.25, -0.2) is 0 Å². The van der Waals surface area contributed by atoms with E-state index >= 15 is 0 Å². The highest BCUT2D eigenvalue weighted by Crippen LogP contribution is 2.24. The van der Waals surface area contributed by atoms with Crippen LogP contribution in [0.5, 0.6) is 5.75 Å². The molecule has 0 aliphatic heterocycles. The monoisotopic (exact) mass is 381 g/mol. The van der Waals surface area contributed by atoms with Gasteiger partial charge in [0.05, 0.1) is 19.3 Å². The van der Waals surface area contributed by atoms with E-state index in [4.69, 9.17) is 4.74 Å². The van der Waals surface area contributed by atoms with Crippen molar-refractivity contribution in [1.29, 1.82) is 0 Å². The summed E-state index contributed by atoms with van der Waals surface area (Å²) in [6, 6.07) is 14.6. The van der Waals surface area contributed by atoms with Gasteiger partial charge in [-0.2, -0.15) is 0 Å². The minimum Gasteiger partial charge on any atom is -0.495 e. The number of nitrogens with one attached hydrogen (secondary N) is 2. The van der Waals surface area contributed by atoms with Gasteiger partial charge in [-0.15, -0.1) is 0 Å². The molecule has 3 rings (SSSR count). The lowest BCUT2D eigenvalue weighted by molar-refractivity contribution is -0.117. The van der Waals surface area contributed by atoms with Gasteiger partial charge < -0.3 is 15.4 Å². The number of rotatable bonds is 7. The molecule has 1 fully saturated rings. The zero-order chi connectivity index (χ0) is 19.9. The first-order chi connectivity index (χ1) is 13.6. The maximum atomic E-state index is 12.4. The number of hydrogen-bond donors (Lipinski definition) is 2. The first-order valence-electron chi connectivity index (χ1n) is 9.61. The number of anilines is 2. The predicted molar refractivity (Wildman–Crippen MR) is 111 cm³/mol. The first-order valence-corrected chi connectivity index (χ1v) is 9.61. The highest BCUT2D eigenvalue weighted by molar-refractivity contribution is 6.05. The van der Waals surface area contributed by atoms with Crippen molar-refractivity contribution in [2.45, 2.75) is 31.7 Å². The van der Waals surface area contributed by atoms with E-state index in [-0.39, 0.29) is 11.8 Å². The van der Waals surface area contributed by atoms with Crippen molar-refractivity contribution in [3.05, 3.63) is 54.1 Å². The van der Waals surface area contributed by atoms with Crippen molar-refractivity contribution in [2.75, 3.05) is 31.3 Å². The second-order valence-electron chi connectivity index (χ2n) is 7.13. The second kappa shape index (κ2) is 9.37. The minimum absolute atomic E-state index is 0.0411. The molecule has 0 aromatic heterocycles. The third kappa shape index (κ3) is 5.10. The van der Waals surface area contributed by atoms with E-state index in [2.05, 4.69) is 15.5 Å². The normalized spacial score (nSPS) is 14.1. The van der Waals surface area contributed by atoms with Gasteiger partial charge in [0, 0.05) is 17.3 Å². The summed E-state index contributed by atoms with van der Waals surface area (Å²) in [5.41, 5.74) is 1.80. The van der Waals surface area contributed by atoms with Crippen LogP contribution in [0.1, 0.15) is 36.0 Å². The van der Waals surface area contributed by atoms with E-state index in [0.717, 1.165) is 0 Å². The molecule has 6 nitrogen and oxygen atoms in total. The van der Waals surface area contributed by atoms with Crippen molar-refractivity contribution in [1.82, 2.24) is 4.90 Å². The van der Waals surface area contributed by atoms with E-state index in [0.29, 0.717) is 35.3 Å². The van der Waals surface area contributed by atoms with Crippen molar-refractivity contribution in [3.63, 3.8) is 0 Å². The topological polar surface area (TPSA) is 70.7 Å². The number of amides is 2. The molecule has 6 heteroatoms. The number of benzene rings is 2. The average Bonchev–Trinajstić information content (AvgIpc) is 3.24. The number of methoxy groups -OCH3 is 1. The fourth-order valence-corrected chi connectivity index (χ4v) is 3.55. The van der Waals surface area contributed by atoms with E-state index in [1.165, 1.54) is 25.7 Å². The van der Waals surface area contributed by atoms with Crippen LogP contribution in [0.25, 0.3) is 0 Å². The SMILES string of the molecule is COc1ccccc1NC(=O)c1ccc(NC(=O)CN(C)C2CCCC2)cc1. The van der Waals surface area contributed by atoms with E-state index in [9.17, 15) is 9.59 Å². The molecule has 148 valence electrons. The average molecular weight is 381 g/mol. The zero-order valence-electron chi connectivity index (χ0n) is 16.4. The molecule has 0 saturated heterocycles. The molecule has 2 N–H and O–H groups in total. The molecule has 1 aliphatic rings. The molecule has 0 heterocycles. The molecule has 0 unspecified atom stereocenters. The van der Waals surface area contributed by atoms with Crippen LogP contribution in [0.4, 0.5) is 11.4 Å². The lowest BCUT2D eigenvalue weighted by Crippen LogP contribution is -2.36. The Labute approximate surface area is 165 Å². The fraction of sp³-hybridized carbons (Fsp3) is 0.364. The molecule has 1 aliphatic carbocycles. The summed E-state index contributed by atoms with van der Waals surface area (Å²) in [5, 5.41) is 5.74. The molecule has 2 amide bonds. The van der Waals surface area contributed by atoms with Gasteiger partial charge >= 0.3 is 0 Å². The second-order valence-corrected chi connectivity index (χ2v) is 7.13. The van der Waals surface area contributed by atoms with E-state index in [1.807, 2.05) is 19.2 Å². The molecule has 2 aromatic carbocycles. The molecule has 28 heavy (non-hydrogen) atoms. The van der Waals surface area contributed by atoms with Crippen LogP contribution in [0.3, 0.4) is 0 Å². The molecule has 0 atom stereocenters. The van der Waals surface area contributed by atoms with Crippen LogP contribution in [0.15, 0.2) is 48.5 Å². The van der Waals surface area contributed by atoms with Gasteiger partial charge in [0.2, 0.25) is 5.91 Å². The van der Waals surface area contributed by atoms with Crippen molar-refractivity contribution >= 4 is 23.2 Å². The van der Waals surface area contributed by atoms with Crippen LogP contribution < -0.4 is 15.4 Å². The molecule has 0 radical (unpaired) electrons. The Morgan fingerprint density at radius 2 is 1.71 bits per heavy atom. The van der Waals surface area contributed by atoms with Gasteiger partial charge in [-0.3, -0.25) is 14.5 Å². The number of hydrogen-bond acceptors (Lipinski definition) is 4. The molecular formula is C22H27N3O3. The Hall–Kier alpha value is -2.86. The standard InChI is InChI=1S/C22H27N3O3/c1-25(18-7-3-4-8-18)15-21(26)23-17-13-11-16(12-14-17)22(27)24-19-9-5-6-10-20(19)28-2/h5-6,9-14,18H,3-4,7-8,15H2,1-2H3,(H,23,26)(H,24,27). The maximum absolute atomic E-state index is 12.4. The van der Waals surface area contributed by atoms with Crippen LogP contribution in [-0.4, -0.2) is 43.5 Å². The Balaban J connectivity index is 1.55. The minimum atomic E-state index is -0.233. The highest BCUT2D eigenvalue weighted by atomic mass is 16.5. The zero-order valence-corrected chi connectivity index (χ0v) is 16.4. The van der Waals surface area contributed by atoms with Crippen molar-refractivity contribution < 1.29 is 14.3 Å². The van der Waals surface area contributed by atoms with Crippen LogP contribution >= 0.6 is 0 Å². The fourth-order valence-electron chi connectivity index (χ4n) is 3.55. The lowest BCUT2D eigenvalue weighted by atomic mass is 10.2. The molecule has 0 spiro atoms. The highest BCUT2D eigenvalue weighted by Gasteiger charge is 2.21. The number of ether oxygens (including phenoxy) is 1. The van der Waals surface area contributed by atoms with Crippen LogP contribution in [-0.2, 0) is 4.79 Å². The smallest absolute Gasteiger partial charge is 0.255 e. The van der Waals surface area contributed by atoms with Crippen LogP contribution in [0.2, 0.25) is 0 Å². The summed E-state index contributed by atoms with van der Waals surface area (Å²) >= 11 is 0. The van der Waals surface area contributed by atoms with Crippen LogP contribution in [0, 0.1) is 0 Å². The Morgan fingerprint density at radius 3 is 2.39 bits per heavy atom. The number of likely N-dealkylation sites (N-methyl/N-ethyl adjacent to an activating group) is 1. The summed E-state index contributed by atoms with van der Waals surface area (Å²) in [4.78, 5) is 26.8. The Bertz CT molecular complexity index is 814. The van der Waals surface area contributed by atoms with Crippen molar-refractivity contribution in [3.8, 4) is 5.75 Å². The van der Waals surface area contributed by atoms with Gasteiger partial charge in [-0.1, -0.05) is 25.0 Å². The van der Waals surface area contributed by atoms with Crippen molar-refractivity contribution in [2.24, 2.45) is 0 Å². The van der Waals surface area contributed by atoms with Gasteiger partial charge in [0.1, 0.15) is 5.75 Å². The summed E-state index contributed by atoms with van der Waals surface area (Å²) in [6.45, 7) is 0.376. The molecule has 1 saturated carbocycles. The quantitative estimate of drug-likeness (QED) is 0.766. The van der Waals surface area contributed by atoms with Gasteiger partial charge in [0.25, 0.3) is 5.91 Å². The first kappa shape index (κ1) is 19.9. The summed E-state index contributed by atoms with van der Waals surface area (Å²) in [6.07, 6.45) is 4.82. The third-order valence-corrected chi connectivity index (χ3v) is 5.13. The Kier molecular flexibility index (Phi) is 6.66. The largest absolute Gasteiger partial charge is 0.495 e. The van der Waals surface area contributed by atoms with E-state index < -0.39 is 0 Å². The number of nitrogens with zero attached hydrogens (tertiary/aromatic N) is 1. The number of para-hydroxylation sites is 2.